The average Bonchev–Trinajstić information content (AvgIpc) is 2.29. The average molecular weight is 176 g/mol. The molecule has 0 fully saturated rings. The molecule has 0 spiro atoms. The predicted molar refractivity (Wildman–Crippen MR) is 57.6 cm³/mol. The molecule has 72 valence electrons. The van der Waals surface area contributed by atoms with Gasteiger partial charge in [0, 0.05) is 0 Å². The molecule has 2 rings (SSSR count). The highest BCUT2D eigenvalue weighted by molar-refractivity contribution is 5.29. The first-order chi connectivity index (χ1) is 6.29. The Hall–Kier alpha value is -0.520. The molecular weight excluding hydrogens is 156 g/mol. The van der Waals surface area contributed by atoms with E-state index in [2.05, 4.69) is 19.9 Å². The maximum absolute atomic E-state index is 2.45. The van der Waals surface area contributed by atoms with Gasteiger partial charge < -0.3 is 0 Å². The molecule has 0 heterocycles. The maximum Gasteiger partial charge on any atom is -0.00215 e. The SMILES string of the molecule is CC1=CCCC2=C(CCCC2)C1C. The highest BCUT2D eigenvalue weighted by Gasteiger charge is 2.20. The number of hydrogen-bond acceptors (Lipinski definition) is 0. The summed E-state index contributed by atoms with van der Waals surface area (Å²) in [7, 11) is 0. The van der Waals surface area contributed by atoms with Crippen molar-refractivity contribution in [2.75, 3.05) is 0 Å². The van der Waals surface area contributed by atoms with Crippen molar-refractivity contribution in [3.63, 3.8) is 0 Å². The Bertz CT molecular complexity index is 255. The van der Waals surface area contributed by atoms with Crippen LogP contribution in [-0.2, 0) is 0 Å². The molecule has 1 unspecified atom stereocenters. The minimum atomic E-state index is 0.748. The van der Waals surface area contributed by atoms with Crippen LogP contribution in [0, 0.1) is 5.92 Å². The highest BCUT2D eigenvalue weighted by atomic mass is 14.3. The molecular formula is C13H20. The lowest BCUT2D eigenvalue weighted by molar-refractivity contribution is 0.602. The quantitative estimate of drug-likeness (QED) is 0.484. The summed E-state index contributed by atoms with van der Waals surface area (Å²) < 4.78 is 0. The van der Waals surface area contributed by atoms with Gasteiger partial charge in [-0.3, -0.25) is 0 Å². The second-order valence-corrected chi connectivity index (χ2v) is 4.54. The third-order valence-electron chi connectivity index (χ3n) is 3.75. The Morgan fingerprint density at radius 2 is 1.92 bits per heavy atom. The molecule has 0 aromatic carbocycles. The minimum absolute atomic E-state index is 0.748. The van der Waals surface area contributed by atoms with E-state index in [4.69, 9.17) is 0 Å². The summed E-state index contributed by atoms with van der Waals surface area (Å²) in [5.74, 6) is 0.748. The fraction of sp³-hybridized carbons (Fsp3) is 0.692. The van der Waals surface area contributed by atoms with E-state index >= 15 is 0 Å². The van der Waals surface area contributed by atoms with E-state index in [-0.39, 0.29) is 0 Å². The molecule has 0 bridgehead atoms. The van der Waals surface area contributed by atoms with Crippen LogP contribution in [0.5, 0.6) is 0 Å². The van der Waals surface area contributed by atoms with E-state index in [1.165, 1.54) is 38.5 Å². The molecule has 0 amide bonds. The van der Waals surface area contributed by atoms with Crippen molar-refractivity contribution < 1.29 is 0 Å². The fourth-order valence-electron chi connectivity index (χ4n) is 2.73. The molecule has 2 aliphatic rings. The van der Waals surface area contributed by atoms with E-state index < -0.39 is 0 Å². The normalized spacial score (nSPS) is 29.4. The summed E-state index contributed by atoms with van der Waals surface area (Å²) in [4.78, 5) is 0. The summed E-state index contributed by atoms with van der Waals surface area (Å²) in [5, 5.41) is 0. The van der Waals surface area contributed by atoms with Gasteiger partial charge in [-0.05, 0) is 51.4 Å². The lowest BCUT2D eigenvalue weighted by atomic mass is 9.82. The molecule has 0 heteroatoms. The van der Waals surface area contributed by atoms with Crippen molar-refractivity contribution in [2.45, 2.75) is 52.4 Å². The zero-order chi connectivity index (χ0) is 9.26. The lowest BCUT2D eigenvalue weighted by Crippen LogP contribution is -2.07. The van der Waals surface area contributed by atoms with Crippen LogP contribution in [-0.4, -0.2) is 0 Å². The van der Waals surface area contributed by atoms with Crippen molar-refractivity contribution in [3.05, 3.63) is 22.8 Å². The monoisotopic (exact) mass is 176 g/mol. The third kappa shape index (κ3) is 1.72. The Labute approximate surface area is 81.7 Å². The molecule has 0 saturated carbocycles. The van der Waals surface area contributed by atoms with Crippen LogP contribution in [0.4, 0.5) is 0 Å². The van der Waals surface area contributed by atoms with Crippen LogP contribution < -0.4 is 0 Å². The van der Waals surface area contributed by atoms with Crippen LogP contribution >= 0.6 is 0 Å². The third-order valence-corrected chi connectivity index (χ3v) is 3.75. The van der Waals surface area contributed by atoms with Gasteiger partial charge in [-0.2, -0.15) is 0 Å². The van der Waals surface area contributed by atoms with Crippen LogP contribution in [0.15, 0.2) is 22.8 Å². The molecule has 0 aromatic heterocycles. The molecule has 13 heavy (non-hydrogen) atoms. The number of allylic oxidation sites excluding steroid dienone is 4. The topological polar surface area (TPSA) is 0 Å². The van der Waals surface area contributed by atoms with Crippen LogP contribution in [0.3, 0.4) is 0 Å². The van der Waals surface area contributed by atoms with Gasteiger partial charge in [0.25, 0.3) is 0 Å². The first-order valence-electron chi connectivity index (χ1n) is 5.66. The van der Waals surface area contributed by atoms with Crippen LogP contribution in [0.1, 0.15) is 52.4 Å². The lowest BCUT2D eigenvalue weighted by Gasteiger charge is -2.23. The molecule has 0 nitrogen and oxygen atoms in total. The predicted octanol–water partition coefficient (Wildman–Crippen LogP) is 4.23. The summed E-state index contributed by atoms with van der Waals surface area (Å²) in [6.07, 6.45) is 10.7. The van der Waals surface area contributed by atoms with Gasteiger partial charge >= 0.3 is 0 Å². The Morgan fingerprint density at radius 3 is 2.77 bits per heavy atom. The van der Waals surface area contributed by atoms with Crippen molar-refractivity contribution in [3.8, 4) is 0 Å². The second-order valence-electron chi connectivity index (χ2n) is 4.54. The van der Waals surface area contributed by atoms with Crippen molar-refractivity contribution in [1.82, 2.24) is 0 Å². The first-order valence-corrected chi connectivity index (χ1v) is 5.66. The number of rotatable bonds is 0. The van der Waals surface area contributed by atoms with E-state index in [1.54, 1.807) is 16.7 Å². The molecule has 2 aliphatic carbocycles. The summed E-state index contributed by atoms with van der Waals surface area (Å²) in [6, 6.07) is 0. The van der Waals surface area contributed by atoms with Gasteiger partial charge in [0.2, 0.25) is 0 Å². The zero-order valence-electron chi connectivity index (χ0n) is 8.90. The Balaban J connectivity index is 2.29. The summed E-state index contributed by atoms with van der Waals surface area (Å²) in [6.45, 7) is 4.69. The number of hydrogen-bond donors (Lipinski definition) is 0. The fourth-order valence-corrected chi connectivity index (χ4v) is 2.73. The van der Waals surface area contributed by atoms with Crippen molar-refractivity contribution in [2.24, 2.45) is 5.92 Å². The molecule has 0 radical (unpaired) electrons. The van der Waals surface area contributed by atoms with E-state index in [0.29, 0.717) is 0 Å². The van der Waals surface area contributed by atoms with Gasteiger partial charge in [-0.15, -0.1) is 0 Å². The van der Waals surface area contributed by atoms with E-state index in [9.17, 15) is 0 Å². The smallest absolute Gasteiger partial charge is 0.00215 e. The largest absolute Gasteiger partial charge is 0.0847 e. The summed E-state index contributed by atoms with van der Waals surface area (Å²) >= 11 is 0. The van der Waals surface area contributed by atoms with E-state index in [0.717, 1.165) is 5.92 Å². The van der Waals surface area contributed by atoms with Gasteiger partial charge in [0.1, 0.15) is 0 Å². The van der Waals surface area contributed by atoms with E-state index in [1.807, 2.05) is 0 Å². The summed E-state index contributed by atoms with van der Waals surface area (Å²) in [5.41, 5.74) is 5.19. The first kappa shape index (κ1) is 9.05. The minimum Gasteiger partial charge on any atom is -0.0847 e. The van der Waals surface area contributed by atoms with Gasteiger partial charge in [-0.25, -0.2) is 0 Å². The Morgan fingerprint density at radius 1 is 1.15 bits per heavy atom. The molecule has 1 atom stereocenters. The van der Waals surface area contributed by atoms with Crippen molar-refractivity contribution in [1.29, 1.82) is 0 Å². The second kappa shape index (κ2) is 3.69. The van der Waals surface area contributed by atoms with Crippen LogP contribution in [0.2, 0.25) is 0 Å². The van der Waals surface area contributed by atoms with Crippen molar-refractivity contribution >= 4 is 0 Å². The Kier molecular flexibility index (Phi) is 2.57. The maximum atomic E-state index is 2.45. The molecule has 0 aliphatic heterocycles. The zero-order valence-corrected chi connectivity index (χ0v) is 8.90. The standard InChI is InChI=1S/C13H20/c1-10-6-5-8-12-7-3-4-9-13(12)11(10)2/h6,11H,3-5,7-9H2,1-2H3. The van der Waals surface area contributed by atoms with Crippen LogP contribution in [0.25, 0.3) is 0 Å². The highest BCUT2D eigenvalue weighted by Crippen LogP contribution is 2.37. The molecule has 0 aromatic rings. The van der Waals surface area contributed by atoms with Gasteiger partial charge in [-0.1, -0.05) is 29.7 Å². The molecule has 0 saturated heterocycles. The van der Waals surface area contributed by atoms with Gasteiger partial charge in [0.15, 0.2) is 0 Å². The molecule has 0 N–H and O–H groups in total. The van der Waals surface area contributed by atoms with Gasteiger partial charge in [0.05, 0.1) is 0 Å².